The van der Waals surface area contributed by atoms with Crippen LogP contribution in [0.1, 0.15) is 37.4 Å². The van der Waals surface area contributed by atoms with Gasteiger partial charge in [-0.1, -0.05) is 17.7 Å². The van der Waals surface area contributed by atoms with Crippen LogP contribution in [-0.4, -0.2) is 19.8 Å². The summed E-state index contributed by atoms with van der Waals surface area (Å²) in [7, 11) is 0. The zero-order chi connectivity index (χ0) is 12.7. The Labute approximate surface area is 104 Å². The lowest BCUT2D eigenvalue weighted by molar-refractivity contribution is 0.130. The molecule has 0 aliphatic carbocycles. The molecule has 3 heteroatoms. The van der Waals surface area contributed by atoms with E-state index in [1.165, 1.54) is 5.56 Å². The number of benzene rings is 1. The number of hydrogen-bond donors (Lipinski definition) is 1. The highest BCUT2D eigenvalue weighted by Gasteiger charge is 2.08. The zero-order valence-corrected chi connectivity index (χ0v) is 11.0. The number of ether oxygens (including phenoxy) is 2. The number of nitrogens with two attached hydrogens (primary N) is 1. The quantitative estimate of drug-likeness (QED) is 0.742. The molecule has 0 amide bonds. The van der Waals surface area contributed by atoms with E-state index in [-0.39, 0.29) is 6.04 Å². The van der Waals surface area contributed by atoms with E-state index in [9.17, 15) is 0 Å². The van der Waals surface area contributed by atoms with Crippen molar-refractivity contribution in [1.82, 2.24) is 0 Å². The molecule has 0 aliphatic rings. The van der Waals surface area contributed by atoms with E-state index in [1.54, 1.807) is 0 Å². The summed E-state index contributed by atoms with van der Waals surface area (Å²) in [6, 6.07) is 6.12. The van der Waals surface area contributed by atoms with Gasteiger partial charge < -0.3 is 15.2 Å². The maximum absolute atomic E-state index is 5.93. The normalized spacial score (nSPS) is 12.5. The standard InChI is InChI=1S/C14H23NO2/c1-4-16-8-5-9-17-14-7-6-11(2)10-13(14)12(3)15/h6-7,10,12H,4-5,8-9,15H2,1-3H3/t12-/m0/s1. The second-order valence-electron chi connectivity index (χ2n) is 4.23. The third-order valence-corrected chi connectivity index (χ3v) is 2.55. The first-order valence-electron chi connectivity index (χ1n) is 6.21. The molecule has 1 rings (SSSR count). The highest BCUT2D eigenvalue weighted by atomic mass is 16.5. The lowest BCUT2D eigenvalue weighted by Crippen LogP contribution is -2.10. The van der Waals surface area contributed by atoms with Crippen LogP contribution in [0.25, 0.3) is 0 Å². The fourth-order valence-corrected chi connectivity index (χ4v) is 1.64. The van der Waals surface area contributed by atoms with Crippen molar-refractivity contribution in [3.8, 4) is 5.75 Å². The fraction of sp³-hybridized carbons (Fsp3) is 0.571. The van der Waals surface area contributed by atoms with Gasteiger partial charge in [-0.3, -0.25) is 0 Å². The highest BCUT2D eigenvalue weighted by Crippen LogP contribution is 2.25. The predicted octanol–water partition coefficient (Wildman–Crippen LogP) is 2.82. The molecule has 1 atom stereocenters. The Hall–Kier alpha value is -1.06. The third-order valence-electron chi connectivity index (χ3n) is 2.55. The smallest absolute Gasteiger partial charge is 0.124 e. The van der Waals surface area contributed by atoms with Gasteiger partial charge in [0, 0.05) is 31.2 Å². The third kappa shape index (κ3) is 4.75. The molecule has 0 radical (unpaired) electrons. The summed E-state index contributed by atoms with van der Waals surface area (Å²) in [6.45, 7) is 8.20. The molecule has 0 unspecified atom stereocenters. The van der Waals surface area contributed by atoms with E-state index >= 15 is 0 Å². The molecule has 96 valence electrons. The monoisotopic (exact) mass is 237 g/mol. The van der Waals surface area contributed by atoms with Crippen molar-refractivity contribution in [2.24, 2.45) is 5.73 Å². The van der Waals surface area contributed by atoms with E-state index in [0.717, 1.165) is 30.9 Å². The van der Waals surface area contributed by atoms with Crippen molar-refractivity contribution in [2.45, 2.75) is 33.2 Å². The van der Waals surface area contributed by atoms with Gasteiger partial charge >= 0.3 is 0 Å². The molecular weight excluding hydrogens is 214 g/mol. The summed E-state index contributed by atoms with van der Waals surface area (Å²) >= 11 is 0. The van der Waals surface area contributed by atoms with Crippen molar-refractivity contribution >= 4 is 0 Å². The average Bonchev–Trinajstić information content (AvgIpc) is 2.30. The largest absolute Gasteiger partial charge is 0.493 e. The molecule has 2 N–H and O–H groups in total. The predicted molar refractivity (Wildman–Crippen MR) is 70.4 cm³/mol. The second-order valence-corrected chi connectivity index (χ2v) is 4.23. The lowest BCUT2D eigenvalue weighted by atomic mass is 10.1. The maximum Gasteiger partial charge on any atom is 0.124 e. The van der Waals surface area contributed by atoms with Crippen LogP contribution in [-0.2, 0) is 4.74 Å². The Morgan fingerprint density at radius 2 is 2.06 bits per heavy atom. The van der Waals surface area contributed by atoms with Crippen LogP contribution in [0, 0.1) is 6.92 Å². The minimum Gasteiger partial charge on any atom is -0.493 e. The average molecular weight is 237 g/mol. The molecule has 1 aromatic rings. The van der Waals surface area contributed by atoms with E-state index in [2.05, 4.69) is 13.0 Å². The molecule has 0 saturated carbocycles. The number of hydrogen-bond acceptors (Lipinski definition) is 3. The van der Waals surface area contributed by atoms with E-state index < -0.39 is 0 Å². The topological polar surface area (TPSA) is 44.5 Å². The van der Waals surface area contributed by atoms with Crippen molar-refractivity contribution in [3.63, 3.8) is 0 Å². The summed E-state index contributed by atoms with van der Waals surface area (Å²) in [6.07, 6.45) is 0.903. The van der Waals surface area contributed by atoms with Crippen LogP contribution in [0.4, 0.5) is 0 Å². The first-order valence-corrected chi connectivity index (χ1v) is 6.21. The summed E-state index contributed by atoms with van der Waals surface area (Å²) in [4.78, 5) is 0. The van der Waals surface area contributed by atoms with Gasteiger partial charge in [0.05, 0.1) is 6.61 Å². The van der Waals surface area contributed by atoms with E-state index in [1.807, 2.05) is 26.0 Å². The Bertz CT molecular complexity index is 337. The Kier molecular flexibility index (Phi) is 6.01. The minimum atomic E-state index is -0.00297. The molecule has 0 aliphatic heterocycles. The van der Waals surface area contributed by atoms with Gasteiger partial charge in [0.25, 0.3) is 0 Å². The Morgan fingerprint density at radius 1 is 1.29 bits per heavy atom. The summed E-state index contributed by atoms with van der Waals surface area (Å²) in [5, 5.41) is 0. The Balaban J connectivity index is 2.52. The number of aryl methyl sites for hydroxylation is 1. The van der Waals surface area contributed by atoms with Gasteiger partial charge in [0.2, 0.25) is 0 Å². The lowest BCUT2D eigenvalue weighted by Gasteiger charge is -2.14. The maximum atomic E-state index is 5.93. The Morgan fingerprint density at radius 3 is 2.71 bits per heavy atom. The van der Waals surface area contributed by atoms with Crippen LogP contribution in [0.5, 0.6) is 5.75 Å². The molecule has 0 saturated heterocycles. The molecule has 17 heavy (non-hydrogen) atoms. The molecule has 1 aromatic carbocycles. The first kappa shape index (κ1) is 14.0. The molecule has 0 aromatic heterocycles. The van der Waals surface area contributed by atoms with Crippen LogP contribution in [0.2, 0.25) is 0 Å². The van der Waals surface area contributed by atoms with Gasteiger partial charge in [-0.2, -0.15) is 0 Å². The van der Waals surface area contributed by atoms with Gasteiger partial charge in [-0.25, -0.2) is 0 Å². The molecule has 0 fully saturated rings. The second kappa shape index (κ2) is 7.30. The van der Waals surface area contributed by atoms with Crippen molar-refractivity contribution in [2.75, 3.05) is 19.8 Å². The van der Waals surface area contributed by atoms with E-state index in [0.29, 0.717) is 6.61 Å². The van der Waals surface area contributed by atoms with Gasteiger partial charge in [0.15, 0.2) is 0 Å². The van der Waals surface area contributed by atoms with Gasteiger partial charge in [-0.15, -0.1) is 0 Å². The molecular formula is C14H23NO2. The highest BCUT2D eigenvalue weighted by molar-refractivity contribution is 5.38. The summed E-state index contributed by atoms with van der Waals surface area (Å²) < 4.78 is 11.0. The van der Waals surface area contributed by atoms with Crippen molar-refractivity contribution in [1.29, 1.82) is 0 Å². The molecule has 3 nitrogen and oxygen atoms in total. The van der Waals surface area contributed by atoms with E-state index in [4.69, 9.17) is 15.2 Å². The van der Waals surface area contributed by atoms with Crippen LogP contribution in [0.3, 0.4) is 0 Å². The minimum absolute atomic E-state index is 0.00297. The fourth-order valence-electron chi connectivity index (χ4n) is 1.64. The number of rotatable bonds is 7. The molecule has 0 heterocycles. The van der Waals surface area contributed by atoms with Gasteiger partial charge in [-0.05, 0) is 26.8 Å². The van der Waals surface area contributed by atoms with Crippen molar-refractivity contribution in [3.05, 3.63) is 29.3 Å². The summed E-state index contributed by atoms with van der Waals surface area (Å²) in [5.74, 6) is 0.891. The summed E-state index contributed by atoms with van der Waals surface area (Å²) in [5.41, 5.74) is 8.21. The zero-order valence-electron chi connectivity index (χ0n) is 11.0. The molecule has 0 bridgehead atoms. The van der Waals surface area contributed by atoms with Crippen molar-refractivity contribution < 1.29 is 9.47 Å². The van der Waals surface area contributed by atoms with Crippen LogP contribution in [0.15, 0.2) is 18.2 Å². The molecule has 0 spiro atoms. The van der Waals surface area contributed by atoms with Crippen LogP contribution >= 0.6 is 0 Å². The first-order chi connectivity index (χ1) is 8.15. The van der Waals surface area contributed by atoms with Gasteiger partial charge in [0.1, 0.15) is 5.75 Å². The van der Waals surface area contributed by atoms with Crippen LogP contribution < -0.4 is 10.5 Å². The SMILES string of the molecule is CCOCCCOc1ccc(C)cc1[C@H](C)N.